The van der Waals surface area contributed by atoms with Crippen molar-refractivity contribution in [3.05, 3.63) is 29.5 Å². The molecule has 0 aromatic carbocycles. The first kappa shape index (κ1) is 14.7. The van der Waals surface area contributed by atoms with E-state index in [-0.39, 0.29) is 5.69 Å². The van der Waals surface area contributed by atoms with Crippen LogP contribution in [0, 0.1) is 0 Å². The minimum Gasteiger partial charge on any atom is -0.481 e. The van der Waals surface area contributed by atoms with E-state index in [1.165, 1.54) is 11.6 Å². The van der Waals surface area contributed by atoms with Crippen molar-refractivity contribution in [2.75, 3.05) is 0 Å². The summed E-state index contributed by atoms with van der Waals surface area (Å²) in [5.74, 6) is -3.01. The molecule has 0 aliphatic heterocycles. The summed E-state index contributed by atoms with van der Waals surface area (Å²) in [5, 5.41) is 21.5. The first-order valence-electron chi connectivity index (χ1n) is 5.72. The minimum atomic E-state index is -1.51. The number of furan rings is 1. The Balaban J connectivity index is 2.09. The number of hydrogen-bond acceptors (Lipinski definition) is 6. The van der Waals surface area contributed by atoms with Gasteiger partial charge in [-0.3, -0.25) is 9.59 Å². The standard InChI is InChI=1S/C12H10N2O6S/c15-9(16)4-6(12(18)19)13-10(17)7-5-21-11(14-7)8-2-1-3-20-8/h1-3,5-6H,4H2,(H,13,17)(H,15,16)(H,18,19). The van der Waals surface area contributed by atoms with Gasteiger partial charge in [-0.25, -0.2) is 9.78 Å². The zero-order valence-corrected chi connectivity index (χ0v) is 11.3. The van der Waals surface area contributed by atoms with Crippen LogP contribution in [0.15, 0.2) is 28.2 Å². The molecule has 0 aliphatic carbocycles. The van der Waals surface area contributed by atoms with E-state index in [2.05, 4.69) is 10.3 Å². The second-order valence-corrected chi connectivity index (χ2v) is 4.84. The van der Waals surface area contributed by atoms with Gasteiger partial charge in [-0.05, 0) is 12.1 Å². The topological polar surface area (TPSA) is 130 Å². The number of amides is 1. The van der Waals surface area contributed by atoms with Crippen molar-refractivity contribution in [2.24, 2.45) is 0 Å². The monoisotopic (exact) mass is 310 g/mol. The van der Waals surface area contributed by atoms with Crippen molar-refractivity contribution in [1.29, 1.82) is 0 Å². The van der Waals surface area contributed by atoms with Gasteiger partial charge in [0.15, 0.2) is 10.8 Å². The maximum absolute atomic E-state index is 11.9. The Morgan fingerprint density at radius 2 is 2.14 bits per heavy atom. The molecule has 0 spiro atoms. The molecule has 0 saturated heterocycles. The zero-order valence-electron chi connectivity index (χ0n) is 10.5. The smallest absolute Gasteiger partial charge is 0.326 e. The summed E-state index contributed by atoms with van der Waals surface area (Å²) in [6.45, 7) is 0. The predicted molar refractivity (Wildman–Crippen MR) is 71.0 cm³/mol. The summed E-state index contributed by atoms with van der Waals surface area (Å²) in [7, 11) is 0. The molecule has 0 radical (unpaired) electrons. The number of carbonyl (C=O) groups excluding carboxylic acids is 1. The first-order valence-corrected chi connectivity index (χ1v) is 6.60. The van der Waals surface area contributed by atoms with Crippen LogP contribution in [-0.4, -0.2) is 39.1 Å². The third kappa shape index (κ3) is 3.66. The molecule has 0 bridgehead atoms. The van der Waals surface area contributed by atoms with Crippen LogP contribution < -0.4 is 5.32 Å². The molecular formula is C12H10N2O6S. The highest BCUT2D eigenvalue weighted by Crippen LogP contribution is 2.23. The normalized spacial score (nSPS) is 11.8. The van der Waals surface area contributed by atoms with E-state index in [1.807, 2.05) is 0 Å². The lowest BCUT2D eigenvalue weighted by Gasteiger charge is -2.10. The largest absolute Gasteiger partial charge is 0.481 e. The number of aromatic nitrogens is 1. The quantitative estimate of drug-likeness (QED) is 0.727. The maximum Gasteiger partial charge on any atom is 0.326 e. The van der Waals surface area contributed by atoms with Gasteiger partial charge in [0, 0.05) is 5.38 Å². The summed E-state index contributed by atoms with van der Waals surface area (Å²) in [6.07, 6.45) is 0.750. The zero-order chi connectivity index (χ0) is 15.4. The number of carbonyl (C=O) groups is 3. The number of carboxylic acids is 2. The Bertz CT molecular complexity index is 663. The third-order valence-corrected chi connectivity index (χ3v) is 3.31. The van der Waals surface area contributed by atoms with Crippen LogP contribution in [0.5, 0.6) is 0 Å². The summed E-state index contributed by atoms with van der Waals surface area (Å²) in [4.78, 5) is 37.3. The Hall–Kier alpha value is -2.68. The van der Waals surface area contributed by atoms with Gasteiger partial charge < -0.3 is 19.9 Å². The lowest BCUT2D eigenvalue weighted by atomic mass is 10.2. The van der Waals surface area contributed by atoms with Gasteiger partial charge in [0.2, 0.25) is 0 Å². The molecule has 2 rings (SSSR count). The van der Waals surface area contributed by atoms with Crippen LogP contribution in [0.4, 0.5) is 0 Å². The van der Waals surface area contributed by atoms with Crippen LogP contribution in [0.3, 0.4) is 0 Å². The van der Waals surface area contributed by atoms with Gasteiger partial charge in [-0.1, -0.05) is 0 Å². The van der Waals surface area contributed by atoms with Gasteiger partial charge in [0.05, 0.1) is 12.7 Å². The van der Waals surface area contributed by atoms with Gasteiger partial charge in [-0.15, -0.1) is 11.3 Å². The number of nitrogens with one attached hydrogen (secondary N) is 1. The molecule has 110 valence electrons. The molecule has 2 aromatic rings. The molecule has 0 fully saturated rings. The molecule has 1 unspecified atom stereocenters. The molecule has 3 N–H and O–H groups in total. The van der Waals surface area contributed by atoms with Crippen molar-refractivity contribution in [3.8, 4) is 10.8 Å². The van der Waals surface area contributed by atoms with Crippen molar-refractivity contribution >= 4 is 29.2 Å². The second-order valence-electron chi connectivity index (χ2n) is 3.98. The molecule has 2 aromatic heterocycles. The van der Waals surface area contributed by atoms with Crippen molar-refractivity contribution in [1.82, 2.24) is 10.3 Å². The number of rotatable bonds is 6. The number of aliphatic carboxylic acids is 2. The average molecular weight is 310 g/mol. The molecule has 21 heavy (non-hydrogen) atoms. The Labute approximate surface area is 122 Å². The van der Waals surface area contributed by atoms with Crippen LogP contribution in [-0.2, 0) is 9.59 Å². The highest BCUT2D eigenvalue weighted by atomic mass is 32.1. The van der Waals surface area contributed by atoms with Crippen molar-refractivity contribution in [3.63, 3.8) is 0 Å². The summed E-state index contributed by atoms with van der Waals surface area (Å²) < 4.78 is 5.13. The van der Waals surface area contributed by atoms with E-state index in [0.29, 0.717) is 10.8 Å². The van der Waals surface area contributed by atoms with E-state index in [4.69, 9.17) is 14.6 Å². The van der Waals surface area contributed by atoms with Gasteiger partial charge in [-0.2, -0.15) is 0 Å². The minimum absolute atomic E-state index is 0.00281. The molecule has 9 heteroatoms. The molecule has 0 aliphatic rings. The lowest BCUT2D eigenvalue weighted by molar-refractivity contribution is -0.145. The molecule has 1 amide bonds. The van der Waals surface area contributed by atoms with E-state index in [9.17, 15) is 14.4 Å². The SMILES string of the molecule is O=C(O)CC(NC(=O)c1csc(-c2ccco2)n1)C(=O)O. The molecule has 8 nitrogen and oxygen atoms in total. The molecule has 0 saturated carbocycles. The molecular weight excluding hydrogens is 300 g/mol. The van der Waals surface area contributed by atoms with E-state index >= 15 is 0 Å². The van der Waals surface area contributed by atoms with E-state index < -0.39 is 30.3 Å². The maximum atomic E-state index is 11.9. The Morgan fingerprint density at radius 3 is 2.71 bits per heavy atom. The van der Waals surface area contributed by atoms with E-state index in [1.54, 1.807) is 12.1 Å². The number of carboxylic acid groups (broad SMARTS) is 2. The van der Waals surface area contributed by atoms with E-state index in [0.717, 1.165) is 11.3 Å². The van der Waals surface area contributed by atoms with Gasteiger partial charge in [0.25, 0.3) is 5.91 Å². The summed E-state index contributed by atoms with van der Waals surface area (Å²) in [6, 6.07) is 1.83. The first-order chi connectivity index (χ1) is 9.97. The molecule has 2 heterocycles. The molecule has 1 atom stereocenters. The summed E-state index contributed by atoms with van der Waals surface area (Å²) in [5.41, 5.74) is 0.00281. The fraction of sp³-hybridized carbons (Fsp3) is 0.167. The second kappa shape index (κ2) is 6.18. The van der Waals surface area contributed by atoms with Crippen molar-refractivity contribution in [2.45, 2.75) is 12.5 Å². The summed E-state index contributed by atoms with van der Waals surface area (Å²) >= 11 is 1.16. The Morgan fingerprint density at radius 1 is 1.38 bits per heavy atom. The average Bonchev–Trinajstić information content (AvgIpc) is 3.08. The van der Waals surface area contributed by atoms with Crippen LogP contribution in [0.2, 0.25) is 0 Å². The van der Waals surface area contributed by atoms with Gasteiger partial charge >= 0.3 is 11.9 Å². The Kier molecular flexibility index (Phi) is 4.33. The lowest BCUT2D eigenvalue weighted by Crippen LogP contribution is -2.42. The number of thiazole rings is 1. The van der Waals surface area contributed by atoms with Crippen molar-refractivity contribution < 1.29 is 29.0 Å². The van der Waals surface area contributed by atoms with Gasteiger partial charge in [0.1, 0.15) is 11.7 Å². The predicted octanol–water partition coefficient (Wildman–Crippen LogP) is 1.06. The van der Waals surface area contributed by atoms with Crippen LogP contribution in [0.1, 0.15) is 16.9 Å². The fourth-order valence-electron chi connectivity index (χ4n) is 1.50. The third-order valence-electron chi connectivity index (χ3n) is 2.45. The number of nitrogens with zero attached hydrogens (tertiary/aromatic N) is 1. The highest BCUT2D eigenvalue weighted by molar-refractivity contribution is 7.13. The number of hydrogen-bond donors (Lipinski definition) is 3. The highest BCUT2D eigenvalue weighted by Gasteiger charge is 2.24. The van der Waals surface area contributed by atoms with Crippen LogP contribution in [0.25, 0.3) is 10.8 Å². The fourth-order valence-corrected chi connectivity index (χ4v) is 2.26. The van der Waals surface area contributed by atoms with Crippen LogP contribution >= 0.6 is 11.3 Å².